The van der Waals surface area contributed by atoms with Crippen molar-refractivity contribution in [3.8, 4) is 0 Å². The number of aromatic nitrogens is 4. The molecule has 1 unspecified atom stereocenters. The third-order valence-electron chi connectivity index (χ3n) is 5.04. The fourth-order valence-corrected chi connectivity index (χ4v) is 5.21. The van der Waals surface area contributed by atoms with Gasteiger partial charge in [-0.3, -0.25) is 0 Å². The number of rotatable bonds is 4. The quantitative estimate of drug-likeness (QED) is 0.809. The molecular weight excluding hydrogens is 328 g/mol. The van der Waals surface area contributed by atoms with E-state index in [2.05, 4.69) is 19.9 Å². The second-order valence-corrected chi connectivity index (χ2v) is 9.00. The van der Waals surface area contributed by atoms with Gasteiger partial charge >= 0.3 is 0 Å². The number of sulfonamides is 1. The Bertz CT molecular complexity index is 860. The van der Waals surface area contributed by atoms with Gasteiger partial charge in [0.25, 0.3) is 0 Å². The third kappa shape index (κ3) is 2.55. The van der Waals surface area contributed by atoms with Crippen molar-refractivity contribution in [2.24, 2.45) is 7.05 Å². The molecule has 3 heterocycles. The Morgan fingerprint density at radius 3 is 2.75 bits per heavy atom. The van der Waals surface area contributed by atoms with E-state index in [-0.39, 0.29) is 11.3 Å². The number of aryl methyl sites for hydroxylation is 1. The molecule has 0 bridgehead atoms. The van der Waals surface area contributed by atoms with Crippen molar-refractivity contribution in [1.29, 1.82) is 0 Å². The van der Waals surface area contributed by atoms with Crippen LogP contribution in [0.1, 0.15) is 25.7 Å². The molecule has 2 aromatic heterocycles. The van der Waals surface area contributed by atoms with E-state index in [4.69, 9.17) is 0 Å². The van der Waals surface area contributed by atoms with Gasteiger partial charge < -0.3 is 9.47 Å². The molecular formula is C15H22N6O2S. The lowest BCUT2D eigenvalue weighted by Crippen LogP contribution is -2.49. The van der Waals surface area contributed by atoms with Crippen molar-refractivity contribution in [1.82, 2.24) is 23.8 Å². The predicted molar refractivity (Wildman–Crippen MR) is 91.2 cm³/mol. The van der Waals surface area contributed by atoms with Crippen LogP contribution in [0.25, 0.3) is 11.2 Å². The molecule has 1 saturated heterocycles. The first-order valence-electron chi connectivity index (χ1n) is 8.32. The summed E-state index contributed by atoms with van der Waals surface area (Å²) in [7, 11) is 0.469. The summed E-state index contributed by atoms with van der Waals surface area (Å²) in [6.07, 6.45) is 6.69. The maximum absolute atomic E-state index is 12.5. The van der Waals surface area contributed by atoms with Gasteiger partial charge in [-0.25, -0.2) is 23.4 Å². The van der Waals surface area contributed by atoms with Crippen LogP contribution in [-0.4, -0.2) is 63.7 Å². The summed E-state index contributed by atoms with van der Waals surface area (Å²) in [5.41, 5.74) is 1.56. The third-order valence-corrected chi connectivity index (χ3v) is 7.45. The normalized spacial score (nSPS) is 22.5. The molecule has 0 amide bonds. The minimum Gasteiger partial charge on any atom is -0.353 e. The highest BCUT2D eigenvalue weighted by Crippen LogP contribution is 2.33. The van der Waals surface area contributed by atoms with Gasteiger partial charge in [-0.1, -0.05) is 0 Å². The Hall–Kier alpha value is -1.74. The Morgan fingerprint density at radius 1 is 1.21 bits per heavy atom. The Balaban J connectivity index is 1.60. The van der Waals surface area contributed by atoms with E-state index in [9.17, 15) is 8.42 Å². The number of imidazole rings is 1. The van der Waals surface area contributed by atoms with E-state index in [1.54, 1.807) is 24.0 Å². The average Bonchev–Trinajstić information content (AvgIpc) is 3.39. The van der Waals surface area contributed by atoms with Crippen LogP contribution >= 0.6 is 0 Å². The predicted octanol–water partition coefficient (Wildman–Crippen LogP) is 0.756. The lowest BCUT2D eigenvalue weighted by atomic mass is 10.1. The molecule has 0 aromatic carbocycles. The Kier molecular flexibility index (Phi) is 3.72. The monoisotopic (exact) mass is 350 g/mol. The first kappa shape index (κ1) is 15.8. The second-order valence-electron chi connectivity index (χ2n) is 6.73. The van der Waals surface area contributed by atoms with Crippen LogP contribution in [0.4, 0.5) is 5.82 Å². The molecule has 1 aliphatic carbocycles. The molecule has 2 aromatic rings. The van der Waals surface area contributed by atoms with Crippen molar-refractivity contribution in [3.05, 3.63) is 12.7 Å². The van der Waals surface area contributed by atoms with E-state index in [1.807, 2.05) is 11.6 Å². The summed E-state index contributed by atoms with van der Waals surface area (Å²) in [6.45, 7) is 1.50. The zero-order valence-electron chi connectivity index (χ0n) is 14.0. The Labute approximate surface area is 141 Å². The zero-order chi connectivity index (χ0) is 16.9. The van der Waals surface area contributed by atoms with Crippen LogP contribution in [0.15, 0.2) is 12.7 Å². The molecule has 8 nitrogen and oxygen atoms in total. The SMILES string of the molecule is CN(C1CCCN(c2ncnc3c2ncn3C)C1)S(=O)(=O)C1CC1. The average molecular weight is 350 g/mol. The highest BCUT2D eigenvalue weighted by molar-refractivity contribution is 7.90. The number of anilines is 1. The number of likely N-dealkylation sites (N-methyl/N-ethyl adjacent to an activating group) is 1. The second kappa shape index (κ2) is 5.66. The lowest BCUT2D eigenvalue weighted by molar-refractivity contribution is 0.319. The topological polar surface area (TPSA) is 84.2 Å². The highest BCUT2D eigenvalue weighted by Gasteiger charge is 2.42. The minimum absolute atomic E-state index is 0.0157. The van der Waals surface area contributed by atoms with E-state index < -0.39 is 10.0 Å². The summed E-state index contributed by atoms with van der Waals surface area (Å²) >= 11 is 0. The van der Waals surface area contributed by atoms with Crippen molar-refractivity contribution < 1.29 is 8.42 Å². The number of nitrogens with zero attached hydrogens (tertiary/aromatic N) is 6. The molecule has 1 atom stereocenters. The highest BCUT2D eigenvalue weighted by atomic mass is 32.2. The van der Waals surface area contributed by atoms with Crippen molar-refractivity contribution in [2.45, 2.75) is 37.0 Å². The standard InChI is InChI=1S/C15H22N6O2S/c1-19-10-18-13-14(19)16-9-17-15(13)21-7-3-4-11(8-21)20(2)24(22,23)12-5-6-12/h9-12H,3-8H2,1-2H3. The summed E-state index contributed by atoms with van der Waals surface area (Å²) < 4.78 is 28.5. The maximum Gasteiger partial charge on any atom is 0.217 e. The molecule has 2 fully saturated rings. The van der Waals surface area contributed by atoms with Crippen LogP contribution in [0.5, 0.6) is 0 Å². The molecule has 0 spiro atoms. The minimum atomic E-state index is -3.16. The summed E-state index contributed by atoms with van der Waals surface area (Å²) in [5, 5.41) is -0.167. The molecule has 0 N–H and O–H groups in total. The largest absolute Gasteiger partial charge is 0.353 e. The number of hydrogen-bond acceptors (Lipinski definition) is 6. The fourth-order valence-electron chi connectivity index (χ4n) is 3.42. The fraction of sp³-hybridized carbons (Fsp3) is 0.667. The van der Waals surface area contributed by atoms with Crippen LogP contribution in [0.2, 0.25) is 0 Å². The molecule has 130 valence electrons. The first-order chi connectivity index (χ1) is 11.5. The summed E-state index contributed by atoms with van der Waals surface area (Å²) in [6, 6.07) is -0.0157. The zero-order valence-corrected chi connectivity index (χ0v) is 14.8. The van der Waals surface area contributed by atoms with Gasteiger partial charge in [0.05, 0.1) is 11.6 Å². The molecule has 4 rings (SSSR count). The van der Waals surface area contributed by atoms with Crippen molar-refractivity contribution >= 4 is 27.0 Å². The van der Waals surface area contributed by atoms with Gasteiger partial charge in [0.1, 0.15) is 6.33 Å². The van der Waals surface area contributed by atoms with E-state index in [0.29, 0.717) is 6.54 Å². The number of piperidine rings is 1. The van der Waals surface area contributed by atoms with Gasteiger partial charge in [0.2, 0.25) is 10.0 Å². The molecule has 1 saturated carbocycles. The lowest BCUT2D eigenvalue weighted by Gasteiger charge is -2.37. The Morgan fingerprint density at radius 2 is 2.00 bits per heavy atom. The van der Waals surface area contributed by atoms with Crippen LogP contribution in [0.3, 0.4) is 0 Å². The van der Waals surface area contributed by atoms with Gasteiger partial charge in [-0.15, -0.1) is 0 Å². The molecule has 0 radical (unpaired) electrons. The van der Waals surface area contributed by atoms with Gasteiger partial charge in [0.15, 0.2) is 17.0 Å². The van der Waals surface area contributed by atoms with E-state index in [1.165, 1.54) is 0 Å². The van der Waals surface area contributed by atoms with Crippen LogP contribution in [-0.2, 0) is 17.1 Å². The van der Waals surface area contributed by atoms with E-state index >= 15 is 0 Å². The first-order valence-corrected chi connectivity index (χ1v) is 9.82. The summed E-state index contributed by atoms with van der Waals surface area (Å²) in [5.74, 6) is 0.794. The van der Waals surface area contributed by atoms with E-state index in [0.717, 1.165) is 49.2 Å². The summed E-state index contributed by atoms with van der Waals surface area (Å²) in [4.78, 5) is 15.3. The molecule has 24 heavy (non-hydrogen) atoms. The van der Waals surface area contributed by atoms with Crippen molar-refractivity contribution in [3.63, 3.8) is 0 Å². The van der Waals surface area contributed by atoms with Crippen molar-refractivity contribution in [2.75, 3.05) is 25.0 Å². The molecule has 1 aliphatic heterocycles. The number of hydrogen-bond donors (Lipinski definition) is 0. The van der Waals surface area contributed by atoms with Crippen LogP contribution < -0.4 is 4.90 Å². The number of fused-ring (bicyclic) bond motifs is 1. The maximum atomic E-state index is 12.5. The van der Waals surface area contributed by atoms with Crippen LogP contribution in [0, 0.1) is 0 Å². The van der Waals surface area contributed by atoms with Gasteiger partial charge in [-0.05, 0) is 25.7 Å². The van der Waals surface area contributed by atoms with Gasteiger partial charge in [0, 0.05) is 33.2 Å². The smallest absolute Gasteiger partial charge is 0.217 e. The molecule has 9 heteroatoms. The molecule has 2 aliphatic rings. The van der Waals surface area contributed by atoms with Gasteiger partial charge in [-0.2, -0.15) is 4.31 Å².